The van der Waals surface area contributed by atoms with Crippen molar-refractivity contribution in [2.45, 2.75) is 12.3 Å². The van der Waals surface area contributed by atoms with Crippen LogP contribution in [0.2, 0.25) is 10.0 Å². The monoisotopic (exact) mass is 287 g/mol. The zero-order valence-electron chi connectivity index (χ0n) is 9.36. The van der Waals surface area contributed by atoms with Crippen molar-refractivity contribution in [2.75, 3.05) is 6.61 Å². The molecule has 0 spiro atoms. The number of hydrogen-bond donors (Lipinski definition) is 1. The van der Waals surface area contributed by atoms with Gasteiger partial charge in [0.2, 0.25) is 0 Å². The van der Waals surface area contributed by atoms with Crippen LogP contribution in [-0.4, -0.2) is 18.5 Å². The van der Waals surface area contributed by atoms with Gasteiger partial charge in [-0.2, -0.15) is 0 Å². The van der Waals surface area contributed by atoms with Crippen LogP contribution >= 0.6 is 23.2 Å². The van der Waals surface area contributed by atoms with E-state index in [2.05, 4.69) is 0 Å². The first kappa shape index (κ1) is 13.2. The summed E-state index contributed by atoms with van der Waals surface area (Å²) in [7, 11) is 0. The first-order valence-corrected chi connectivity index (χ1v) is 6.14. The van der Waals surface area contributed by atoms with Gasteiger partial charge in [-0.15, -0.1) is 0 Å². The smallest absolute Gasteiger partial charge is 0.310 e. The van der Waals surface area contributed by atoms with Gasteiger partial charge in [0.1, 0.15) is 0 Å². The molecule has 1 saturated carbocycles. The van der Waals surface area contributed by atoms with Crippen LogP contribution in [0.1, 0.15) is 17.9 Å². The Labute approximate surface area is 114 Å². The van der Waals surface area contributed by atoms with E-state index in [1.807, 2.05) is 0 Å². The molecule has 0 radical (unpaired) electrons. The van der Waals surface area contributed by atoms with Gasteiger partial charge < -0.3 is 10.5 Å². The third kappa shape index (κ3) is 3.15. The largest absolute Gasteiger partial charge is 0.455 e. The third-order valence-corrected chi connectivity index (χ3v) is 3.20. The average molecular weight is 288 g/mol. The fraction of sp³-hybridized carbons (Fsp3) is 0.333. The molecule has 1 aliphatic rings. The number of ether oxygens (including phenoxy) is 1. The Bertz CT molecular complexity index is 484. The summed E-state index contributed by atoms with van der Waals surface area (Å²) in [6, 6.07) is 5.19. The highest BCUT2D eigenvalue weighted by Gasteiger charge is 2.45. The number of carbonyl (C=O) groups excluding carboxylic acids is 2. The highest BCUT2D eigenvalue weighted by Crippen LogP contribution is 2.49. The molecule has 1 aliphatic carbocycles. The molecule has 96 valence electrons. The number of benzene rings is 1. The van der Waals surface area contributed by atoms with Crippen LogP contribution in [0.15, 0.2) is 18.2 Å². The molecule has 0 aromatic heterocycles. The Morgan fingerprint density at radius 2 is 1.89 bits per heavy atom. The molecular formula is C12H11Cl2NO3. The molecule has 1 amide bonds. The summed E-state index contributed by atoms with van der Waals surface area (Å²) < 4.78 is 4.76. The van der Waals surface area contributed by atoms with Crippen molar-refractivity contribution in [3.8, 4) is 0 Å². The highest BCUT2D eigenvalue weighted by molar-refractivity contribution is 6.34. The number of nitrogens with two attached hydrogens (primary N) is 1. The number of hydrogen-bond acceptors (Lipinski definition) is 3. The second-order valence-corrected chi connectivity index (χ2v) is 5.10. The summed E-state index contributed by atoms with van der Waals surface area (Å²) in [5, 5.41) is 1.07. The van der Waals surface area contributed by atoms with Crippen LogP contribution in [0.3, 0.4) is 0 Å². The van der Waals surface area contributed by atoms with Crippen LogP contribution in [0.25, 0.3) is 0 Å². The molecule has 2 atom stereocenters. The highest BCUT2D eigenvalue weighted by atomic mass is 35.5. The molecule has 0 bridgehead atoms. The van der Waals surface area contributed by atoms with E-state index in [0.717, 1.165) is 5.56 Å². The van der Waals surface area contributed by atoms with E-state index in [9.17, 15) is 9.59 Å². The van der Waals surface area contributed by atoms with Gasteiger partial charge in [0, 0.05) is 10.0 Å². The van der Waals surface area contributed by atoms with Crippen molar-refractivity contribution in [1.82, 2.24) is 0 Å². The molecule has 2 N–H and O–H groups in total. The van der Waals surface area contributed by atoms with E-state index in [1.54, 1.807) is 18.2 Å². The molecule has 1 aromatic carbocycles. The summed E-state index contributed by atoms with van der Waals surface area (Å²) >= 11 is 11.8. The van der Waals surface area contributed by atoms with Crippen LogP contribution in [0, 0.1) is 5.92 Å². The summed E-state index contributed by atoms with van der Waals surface area (Å²) in [6.07, 6.45) is 0.675. The molecule has 1 aromatic rings. The van der Waals surface area contributed by atoms with Crippen molar-refractivity contribution in [3.63, 3.8) is 0 Å². The Balaban J connectivity index is 1.98. The van der Waals surface area contributed by atoms with E-state index < -0.39 is 11.9 Å². The lowest BCUT2D eigenvalue weighted by Crippen LogP contribution is -2.21. The first-order chi connectivity index (χ1) is 8.47. The molecule has 0 saturated heterocycles. The maximum Gasteiger partial charge on any atom is 0.310 e. The summed E-state index contributed by atoms with van der Waals surface area (Å²) in [5.41, 5.74) is 5.81. The lowest BCUT2D eigenvalue weighted by atomic mass is 10.1. The molecule has 4 nitrogen and oxygen atoms in total. The number of halogens is 2. The van der Waals surface area contributed by atoms with Gasteiger partial charge in [0.05, 0.1) is 5.92 Å². The second kappa shape index (κ2) is 5.16. The molecule has 18 heavy (non-hydrogen) atoms. The van der Waals surface area contributed by atoms with Gasteiger partial charge in [0.25, 0.3) is 5.91 Å². The predicted molar refractivity (Wildman–Crippen MR) is 67.5 cm³/mol. The van der Waals surface area contributed by atoms with Crippen LogP contribution in [0.4, 0.5) is 0 Å². The van der Waals surface area contributed by atoms with E-state index >= 15 is 0 Å². The van der Waals surface area contributed by atoms with Gasteiger partial charge in [-0.25, -0.2) is 0 Å². The van der Waals surface area contributed by atoms with Crippen LogP contribution in [0.5, 0.6) is 0 Å². The number of rotatable bonds is 4. The summed E-state index contributed by atoms with van der Waals surface area (Å²) in [4.78, 5) is 22.1. The maximum absolute atomic E-state index is 11.6. The van der Waals surface area contributed by atoms with Crippen LogP contribution in [-0.2, 0) is 14.3 Å². The summed E-state index contributed by atoms with van der Waals surface area (Å²) in [5.74, 6) is -1.25. The zero-order chi connectivity index (χ0) is 13.3. The minimum atomic E-state index is -0.661. The van der Waals surface area contributed by atoms with Gasteiger partial charge in [-0.1, -0.05) is 23.2 Å². The van der Waals surface area contributed by atoms with E-state index in [0.29, 0.717) is 16.5 Å². The Kier molecular flexibility index (Phi) is 3.78. The molecule has 0 unspecified atom stereocenters. The van der Waals surface area contributed by atoms with Crippen molar-refractivity contribution in [2.24, 2.45) is 11.7 Å². The zero-order valence-corrected chi connectivity index (χ0v) is 10.9. The Morgan fingerprint density at radius 1 is 1.28 bits per heavy atom. The van der Waals surface area contributed by atoms with E-state index in [-0.39, 0.29) is 18.4 Å². The van der Waals surface area contributed by atoms with Crippen molar-refractivity contribution >= 4 is 35.1 Å². The van der Waals surface area contributed by atoms with E-state index in [4.69, 9.17) is 33.7 Å². The van der Waals surface area contributed by atoms with Crippen LogP contribution < -0.4 is 5.73 Å². The topological polar surface area (TPSA) is 69.4 Å². The Hall–Kier alpha value is -1.26. The molecule has 0 aliphatic heterocycles. The minimum absolute atomic E-state index is 0.0570. The molecular weight excluding hydrogens is 277 g/mol. The molecule has 0 heterocycles. The fourth-order valence-electron chi connectivity index (χ4n) is 1.86. The lowest BCUT2D eigenvalue weighted by molar-refractivity contribution is -0.149. The number of carbonyl (C=O) groups is 2. The number of amides is 1. The first-order valence-electron chi connectivity index (χ1n) is 5.38. The molecule has 6 heteroatoms. The SMILES string of the molecule is NC(=O)COC(=O)[C@H]1C[C@@H]1c1cc(Cl)cc(Cl)c1. The normalized spacial score (nSPS) is 21.4. The lowest BCUT2D eigenvalue weighted by Gasteiger charge is -2.03. The summed E-state index contributed by atoms with van der Waals surface area (Å²) in [6.45, 7) is -0.377. The van der Waals surface area contributed by atoms with Crippen molar-refractivity contribution in [1.29, 1.82) is 0 Å². The molecule has 2 rings (SSSR count). The van der Waals surface area contributed by atoms with Gasteiger partial charge >= 0.3 is 5.97 Å². The standard InChI is InChI=1S/C12H11Cl2NO3/c13-7-1-6(2-8(14)3-7)9-4-10(9)12(17)18-5-11(15)16/h1-3,9-10H,4-5H2,(H2,15,16)/t9-,10+/m1/s1. The predicted octanol–water partition coefficient (Wildman–Crippen LogP) is 2.13. The number of esters is 1. The number of primary amides is 1. The molecule has 1 fully saturated rings. The van der Waals surface area contributed by atoms with Gasteiger partial charge in [-0.3, -0.25) is 9.59 Å². The third-order valence-electron chi connectivity index (χ3n) is 2.76. The minimum Gasteiger partial charge on any atom is -0.455 e. The Morgan fingerprint density at radius 3 is 2.44 bits per heavy atom. The fourth-order valence-corrected chi connectivity index (χ4v) is 2.41. The average Bonchev–Trinajstić information content (AvgIpc) is 3.04. The van der Waals surface area contributed by atoms with Crippen molar-refractivity contribution in [3.05, 3.63) is 33.8 Å². The maximum atomic E-state index is 11.6. The van der Waals surface area contributed by atoms with E-state index in [1.165, 1.54) is 0 Å². The quantitative estimate of drug-likeness (QED) is 0.863. The van der Waals surface area contributed by atoms with Gasteiger partial charge in [0.15, 0.2) is 6.61 Å². The second-order valence-electron chi connectivity index (χ2n) is 4.23. The van der Waals surface area contributed by atoms with Crippen molar-refractivity contribution < 1.29 is 14.3 Å². The van der Waals surface area contributed by atoms with Gasteiger partial charge in [-0.05, 0) is 36.1 Å².